The number of hydrogen-bond donors (Lipinski definition) is 1. The fourth-order valence-electron chi connectivity index (χ4n) is 1.52. The minimum Gasteiger partial charge on any atom is -0.314 e. The van der Waals surface area contributed by atoms with Crippen LogP contribution in [0.4, 0.5) is 0 Å². The van der Waals surface area contributed by atoms with Crippen molar-refractivity contribution in [2.45, 2.75) is 33.2 Å². The predicted molar refractivity (Wildman–Crippen MR) is 61.1 cm³/mol. The highest BCUT2D eigenvalue weighted by Crippen LogP contribution is 2.06. The fourth-order valence-corrected chi connectivity index (χ4v) is 1.52. The van der Waals surface area contributed by atoms with Gasteiger partial charge in [-0.05, 0) is 32.0 Å². The van der Waals surface area contributed by atoms with E-state index in [9.17, 15) is 4.79 Å². The van der Waals surface area contributed by atoms with Crippen molar-refractivity contribution in [3.8, 4) is 0 Å². The van der Waals surface area contributed by atoms with Gasteiger partial charge >= 0.3 is 0 Å². The van der Waals surface area contributed by atoms with Crippen molar-refractivity contribution in [3.63, 3.8) is 0 Å². The monoisotopic (exact) mass is 206 g/mol. The van der Waals surface area contributed by atoms with Crippen molar-refractivity contribution in [2.75, 3.05) is 6.54 Å². The Hall–Kier alpha value is -1.22. The van der Waals surface area contributed by atoms with Gasteiger partial charge in [0.25, 0.3) is 0 Å². The van der Waals surface area contributed by atoms with Crippen LogP contribution in [-0.2, 0) is 0 Å². The van der Waals surface area contributed by atoms with Crippen molar-refractivity contribution in [1.82, 2.24) is 10.3 Å². The molecular formula is C12H18N2O. The number of ketones is 1. The summed E-state index contributed by atoms with van der Waals surface area (Å²) >= 11 is 0. The minimum absolute atomic E-state index is 0.152. The molecular weight excluding hydrogens is 188 g/mol. The van der Waals surface area contributed by atoms with Gasteiger partial charge in [-0.2, -0.15) is 0 Å². The second-order valence-electron chi connectivity index (χ2n) is 3.84. The molecule has 0 fully saturated rings. The molecule has 0 aromatic carbocycles. The zero-order valence-electron chi connectivity index (χ0n) is 9.58. The van der Waals surface area contributed by atoms with Crippen molar-refractivity contribution < 1.29 is 4.79 Å². The van der Waals surface area contributed by atoms with E-state index in [-0.39, 0.29) is 11.8 Å². The van der Waals surface area contributed by atoms with Crippen LogP contribution in [-0.4, -0.2) is 23.4 Å². The standard InChI is InChI=1S/C12H18N2O/c1-4-14-10(3)6-12(15)11-5-9(2)7-13-8-11/h5,7-8,10,14H,4,6H2,1-3H3. The maximum atomic E-state index is 11.8. The fraction of sp³-hybridized carbons (Fsp3) is 0.500. The van der Waals surface area contributed by atoms with E-state index in [0.717, 1.165) is 12.1 Å². The number of aryl methyl sites for hydroxylation is 1. The van der Waals surface area contributed by atoms with E-state index in [4.69, 9.17) is 0 Å². The van der Waals surface area contributed by atoms with Gasteiger partial charge in [0.1, 0.15) is 0 Å². The first-order chi connectivity index (χ1) is 7.13. The summed E-state index contributed by atoms with van der Waals surface area (Å²) in [6.45, 7) is 6.89. The molecule has 82 valence electrons. The van der Waals surface area contributed by atoms with Crippen LogP contribution in [0.2, 0.25) is 0 Å². The van der Waals surface area contributed by atoms with Crippen LogP contribution in [0.3, 0.4) is 0 Å². The van der Waals surface area contributed by atoms with Crippen LogP contribution in [0.5, 0.6) is 0 Å². The Morgan fingerprint density at radius 1 is 1.53 bits per heavy atom. The molecule has 0 aliphatic rings. The second kappa shape index (κ2) is 5.61. The van der Waals surface area contributed by atoms with Crippen LogP contribution in [0.15, 0.2) is 18.5 Å². The van der Waals surface area contributed by atoms with E-state index in [0.29, 0.717) is 12.0 Å². The van der Waals surface area contributed by atoms with Crippen molar-refractivity contribution >= 4 is 5.78 Å². The molecule has 0 aliphatic carbocycles. The lowest BCUT2D eigenvalue weighted by Crippen LogP contribution is -2.28. The van der Waals surface area contributed by atoms with Gasteiger partial charge in [-0.15, -0.1) is 0 Å². The third-order valence-corrected chi connectivity index (χ3v) is 2.24. The first-order valence-electron chi connectivity index (χ1n) is 5.31. The van der Waals surface area contributed by atoms with Crippen LogP contribution in [0, 0.1) is 6.92 Å². The Morgan fingerprint density at radius 2 is 2.27 bits per heavy atom. The number of nitrogens with zero attached hydrogens (tertiary/aromatic N) is 1. The molecule has 1 aromatic heterocycles. The van der Waals surface area contributed by atoms with Gasteiger partial charge in [0.05, 0.1) is 0 Å². The molecule has 1 rings (SSSR count). The normalized spacial score (nSPS) is 12.5. The largest absolute Gasteiger partial charge is 0.314 e. The van der Waals surface area contributed by atoms with Crippen LogP contribution < -0.4 is 5.32 Å². The van der Waals surface area contributed by atoms with Gasteiger partial charge in [-0.25, -0.2) is 0 Å². The summed E-state index contributed by atoms with van der Waals surface area (Å²) in [6.07, 6.45) is 3.91. The summed E-state index contributed by atoms with van der Waals surface area (Å²) in [5, 5.41) is 3.22. The molecule has 0 bridgehead atoms. The van der Waals surface area contributed by atoms with E-state index in [1.165, 1.54) is 0 Å². The molecule has 0 aliphatic heterocycles. The second-order valence-corrected chi connectivity index (χ2v) is 3.84. The number of aromatic nitrogens is 1. The number of rotatable bonds is 5. The number of pyridine rings is 1. The van der Waals surface area contributed by atoms with Gasteiger partial charge in [-0.1, -0.05) is 6.92 Å². The molecule has 0 saturated heterocycles. The predicted octanol–water partition coefficient (Wildman–Crippen LogP) is 1.96. The molecule has 1 unspecified atom stereocenters. The number of nitrogens with one attached hydrogen (secondary N) is 1. The molecule has 15 heavy (non-hydrogen) atoms. The van der Waals surface area contributed by atoms with Crippen LogP contribution >= 0.6 is 0 Å². The maximum absolute atomic E-state index is 11.8. The van der Waals surface area contributed by atoms with Crippen molar-refractivity contribution in [1.29, 1.82) is 0 Å². The maximum Gasteiger partial charge on any atom is 0.165 e. The Balaban J connectivity index is 2.61. The highest BCUT2D eigenvalue weighted by molar-refractivity contribution is 5.96. The van der Waals surface area contributed by atoms with Gasteiger partial charge in [0, 0.05) is 30.4 Å². The number of carbonyl (C=O) groups is 1. The number of carbonyl (C=O) groups excluding carboxylic acids is 1. The third-order valence-electron chi connectivity index (χ3n) is 2.24. The Kier molecular flexibility index (Phi) is 4.43. The number of hydrogen-bond acceptors (Lipinski definition) is 3. The Labute approximate surface area is 90.9 Å². The zero-order valence-corrected chi connectivity index (χ0v) is 9.58. The molecule has 3 heteroatoms. The van der Waals surface area contributed by atoms with E-state index in [1.54, 1.807) is 12.4 Å². The Morgan fingerprint density at radius 3 is 2.87 bits per heavy atom. The summed E-state index contributed by atoms with van der Waals surface area (Å²) in [7, 11) is 0. The highest BCUT2D eigenvalue weighted by Gasteiger charge is 2.10. The highest BCUT2D eigenvalue weighted by atomic mass is 16.1. The van der Waals surface area contributed by atoms with E-state index >= 15 is 0 Å². The lowest BCUT2D eigenvalue weighted by molar-refractivity contribution is 0.0971. The van der Waals surface area contributed by atoms with Gasteiger partial charge in [0.15, 0.2) is 5.78 Å². The molecule has 0 spiro atoms. The molecule has 0 saturated carbocycles. The average Bonchev–Trinajstić information content (AvgIpc) is 2.18. The molecule has 1 heterocycles. The van der Waals surface area contributed by atoms with Crippen LogP contribution in [0.25, 0.3) is 0 Å². The topological polar surface area (TPSA) is 42.0 Å². The summed E-state index contributed by atoms with van der Waals surface area (Å²) in [4.78, 5) is 15.8. The van der Waals surface area contributed by atoms with E-state index < -0.39 is 0 Å². The SMILES string of the molecule is CCNC(C)CC(=O)c1cncc(C)c1. The molecule has 1 atom stereocenters. The van der Waals surface area contributed by atoms with Crippen molar-refractivity contribution in [2.24, 2.45) is 0 Å². The molecule has 0 radical (unpaired) electrons. The van der Waals surface area contributed by atoms with Gasteiger partial charge in [0.2, 0.25) is 0 Å². The Bertz CT molecular complexity index is 336. The molecule has 1 aromatic rings. The van der Waals surface area contributed by atoms with Gasteiger partial charge < -0.3 is 5.32 Å². The van der Waals surface area contributed by atoms with E-state index in [1.807, 2.05) is 26.8 Å². The first kappa shape index (κ1) is 11.9. The zero-order chi connectivity index (χ0) is 11.3. The summed E-state index contributed by atoms with van der Waals surface area (Å²) in [6, 6.07) is 2.11. The third kappa shape index (κ3) is 3.80. The quantitative estimate of drug-likeness (QED) is 0.749. The first-order valence-corrected chi connectivity index (χ1v) is 5.31. The smallest absolute Gasteiger partial charge is 0.165 e. The average molecular weight is 206 g/mol. The lowest BCUT2D eigenvalue weighted by atomic mass is 10.1. The minimum atomic E-state index is 0.152. The van der Waals surface area contributed by atoms with Crippen molar-refractivity contribution in [3.05, 3.63) is 29.6 Å². The summed E-state index contributed by atoms with van der Waals surface area (Å²) in [5.74, 6) is 0.152. The summed E-state index contributed by atoms with van der Waals surface area (Å²) in [5.41, 5.74) is 1.73. The lowest BCUT2D eigenvalue weighted by Gasteiger charge is -2.10. The molecule has 1 N–H and O–H groups in total. The number of Topliss-reactive ketones (excluding diaryl/α,β-unsaturated/α-hetero) is 1. The molecule has 0 amide bonds. The molecule has 3 nitrogen and oxygen atoms in total. The summed E-state index contributed by atoms with van der Waals surface area (Å²) < 4.78 is 0. The van der Waals surface area contributed by atoms with Crippen LogP contribution in [0.1, 0.15) is 36.2 Å². The van der Waals surface area contributed by atoms with Gasteiger partial charge in [-0.3, -0.25) is 9.78 Å². The van der Waals surface area contributed by atoms with E-state index in [2.05, 4.69) is 10.3 Å².